The second-order valence-corrected chi connectivity index (χ2v) is 6.89. The van der Waals surface area contributed by atoms with E-state index in [4.69, 9.17) is 9.47 Å². The number of ether oxygens (including phenoxy) is 2. The van der Waals surface area contributed by atoms with Crippen LogP contribution in [0.4, 0.5) is 0 Å². The van der Waals surface area contributed by atoms with Gasteiger partial charge in [-0.2, -0.15) is 0 Å². The van der Waals surface area contributed by atoms with E-state index in [1.54, 1.807) is 13.8 Å². The van der Waals surface area contributed by atoms with E-state index in [0.29, 0.717) is 24.3 Å². The lowest BCUT2D eigenvalue weighted by atomic mass is 9.96. The van der Waals surface area contributed by atoms with Gasteiger partial charge in [0.2, 0.25) is 0 Å². The average molecular weight is 458 g/mol. The Kier molecular flexibility index (Phi) is 6.80. The molecule has 0 spiro atoms. The van der Waals surface area contributed by atoms with E-state index in [1.807, 2.05) is 36.4 Å². The zero-order valence-electron chi connectivity index (χ0n) is 13.4. The van der Waals surface area contributed by atoms with Crippen LogP contribution in [-0.4, -0.2) is 25.2 Å². The van der Waals surface area contributed by atoms with Gasteiger partial charge in [0.25, 0.3) is 0 Å². The number of carbonyl (C=O) groups is 2. The summed E-state index contributed by atoms with van der Waals surface area (Å²) in [6, 6.07) is 11.6. The number of benzene rings is 2. The molecule has 0 fully saturated rings. The molecule has 6 heteroatoms. The van der Waals surface area contributed by atoms with Crippen molar-refractivity contribution in [1.29, 1.82) is 0 Å². The maximum absolute atomic E-state index is 12.1. The molecule has 0 saturated carbocycles. The summed E-state index contributed by atoms with van der Waals surface area (Å²) in [6.07, 6.45) is 0. The minimum Gasteiger partial charge on any atom is -0.465 e. The fraction of sp³-hybridized carbons (Fsp3) is 0.333. The molecule has 2 aromatic carbocycles. The van der Waals surface area contributed by atoms with E-state index < -0.39 is 21.6 Å². The Hall–Kier alpha value is -1.40. The predicted octanol–water partition coefficient (Wildman–Crippen LogP) is 4.84. The fourth-order valence-corrected chi connectivity index (χ4v) is 3.46. The second kappa shape index (κ2) is 8.62. The molecular formula is C18H18Br2O4. The lowest BCUT2D eigenvalue weighted by Crippen LogP contribution is -2.16. The van der Waals surface area contributed by atoms with E-state index >= 15 is 0 Å². The number of hydrogen-bond acceptors (Lipinski definition) is 4. The number of alkyl halides is 2. The van der Waals surface area contributed by atoms with Crippen LogP contribution in [0.5, 0.6) is 0 Å². The van der Waals surface area contributed by atoms with Gasteiger partial charge in [-0.05, 0) is 47.9 Å². The van der Waals surface area contributed by atoms with Gasteiger partial charge in [-0.25, -0.2) is 0 Å². The maximum Gasteiger partial charge on any atom is 0.324 e. The molecule has 0 heterocycles. The van der Waals surface area contributed by atoms with E-state index in [1.165, 1.54) is 0 Å². The van der Waals surface area contributed by atoms with Gasteiger partial charge < -0.3 is 9.47 Å². The molecule has 2 rings (SSSR count). The molecule has 128 valence electrons. The van der Waals surface area contributed by atoms with Gasteiger partial charge in [0, 0.05) is 0 Å². The summed E-state index contributed by atoms with van der Waals surface area (Å²) in [7, 11) is 0. The van der Waals surface area contributed by atoms with Gasteiger partial charge in [0.15, 0.2) is 0 Å². The third kappa shape index (κ3) is 4.16. The molecule has 0 amide bonds. The highest BCUT2D eigenvalue weighted by atomic mass is 79.9. The number of carbonyl (C=O) groups excluding carboxylic acids is 2. The Morgan fingerprint density at radius 3 is 1.58 bits per heavy atom. The number of esters is 2. The van der Waals surface area contributed by atoms with E-state index in [-0.39, 0.29) is 0 Å². The first-order valence-corrected chi connectivity index (χ1v) is 9.46. The van der Waals surface area contributed by atoms with Crippen molar-refractivity contribution in [3.05, 3.63) is 47.5 Å². The standard InChI is InChI=1S/C18H18Br2O4/c1-3-23-17(21)15(19)13-9-11-7-5-6-8-12(11)10-14(13)16(20)18(22)24-4-2/h5-10,15-16H,3-4H2,1-2H3. The number of fused-ring (bicyclic) bond motifs is 1. The van der Waals surface area contributed by atoms with Crippen molar-refractivity contribution >= 4 is 54.6 Å². The fourth-order valence-electron chi connectivity index (χ4n) is 2.40. The van der Waals surface area contributed by atoms with Crippen LogP contribution < -0.4 is 0 Å². The molecule has 24 heavy (non-hydrogen) atoms. The van der Waals surface area contributed by atoms with Crippen LogP contribution in [0, 0.1) is 0 Å². The zero-order valence-corrected chi connectivity index (χ0v) is 16.6. The highest BCUT2D eigenvalue weighted by Gasteiger charge is 2.28. The summed E-state index contributed by atoms with van der Waals surface area (Å²) >= 11 is 6.80. The van der Waals surface area contributed by atoms with Crippen molar-refractivity contribution in [3.8, 4) is 0 Å². The molecule has 0 saturated heterocycles. The van der Waals surface area contributed by atoms with Gasteiger partial charge in [-0.1, -0.05) is 56.1 Å². The third-order valence-corrected chi connectivity index (χ3v) is 5.22. The summed E-state index contributed by atoms with van der Waals surface area (Å²) in [5.74, 6) is -0.782. The van der Waals surface area contributed by atoms with Crippen molar-refractivity contribution in [1.82, 2.24) is 0 Å². The van der Waals surface area contributed by atoms with Crippen LogP contribution in [0.2, 0.25) is 0 Å². The highest BCUT2D eigenvalue weighted by Crippen LogP contribution is 2.37. The molecule has 2 unspecified atom stereocenters. The zero-order chi connectivity index (χ0) is 17.7. The molecule has 0 aliphatic heterocycles. The molecule has 2 atom stereocenters. The Morgan fingerprint density at radius 2 is 1.25 bits per heavy atom. The van der Waals surface area contributed by atoms with Crippen LogP contribution >= 0.6 is 31.9 Å². The first-order chi connectivity index (χ1) is 11.5. The lowest BCUT2D eigenvalue weighted by molar-refractivity contribution is -0.143. The van der Waals surface area contributed by atoms with Gasteiger partial charge >= 0.3 is 11.9 Å². The maximum atomic E-state index is 12.1. The molecule has 0 radical (unpaired) electrons. The van der Waals surface area contributed by atoms with Crippen molar-refractivity contribution in [2.24, 2.45) is 0 Å². The van der Waals surface area contributed by atoms with Crippen LogP contribution in [0.25, 0.3) is 10.8 Å². The van der Waals surface area contributed by atoms with Crippen LogP contribution in [0.3, 0.4) is 0 Å². The largest absolute Gasteiger partial charge is 0.465 e. The lowest BCUT2D eigenvalue weighted by Gasteiger charge is -2.18. The van der Waals surface area contributed by atoms with Crippen LogP contribution in [-0.2, 0) is 19.1 Å². The van der Waals surface area contributed by atoms with E-state index in [0.717, 1.165) is 10.8 Å². The van der Waals surface area contributed by atoms with Crippen molar-refractivity contribution in [2.45, 2.75) is 23.5 Å². The quantitative estimate of drug-likeness (QED) is 0.460. The summed E-state index contributed by atoms with van der Waals surface area (Å²) < 4.78 is 10.2. The minimum absolute atomic E-state index is 0.291. The summed E-state index contributed by atoms with van der Waals surface area (Å²) in [4.78, 5) is 23.0. The molecule has 0 N–H and O–H groups in total. The molecule has 4 nitrogen and oxygen atoms in total. The summed E-state index contributed by atoms with van der Waals surface area (Å²) in [5.41, 5.74) is 1.36. The Balaban J connectivity index is 2.55. The van der Waals surface area contributed by atoms with Crippen molar-refractivity contribution in [3.63, 3.8) is 0 Å². The van der Waals surface area contributed by atoms with Gasteiger partial charge in [-0.3, -0.25) is 9.59 Å². The smallest absolute Gasteiger partial charge is 0.324 e. The van der Waals surface area contributed by atoms with Gasteiger partial charge in [0.05, 0.1) is 13.2 Å². The number of rotatable bonds is 6. The van der Waals surface area contributed by atoms with Gasteiger partial charge in [0.1, 0.15) is 9.65 Å². The normalized spacial score (nSPS) is 13.3. The monoisotopic (exact) mass is 456 g/mol. The first-order valence-electron chi connectivity index (χ1n) is 7.63. The van der Waals surface area contributed by atoms with Crippen molar-refractivity contribution in [2.75, 3.05) is 13.2 Å². The Labute approximate surface area is 157 Å². The van der Waals surface area contributed by atoms with Crippen molar-refractivity contribution < 1.29 is 19.1 Å². The third-order valence-electron chi connectivity index (χ3n) is 3.48. The summed E-state index contributed by atoms with van der Waals surface area (Å²) in [5, 5.41) is 1.96. The molecule has 0 aliphatic carbocycles. The van der Waals surface area contributed by atoms with E-state index in [9.17, 15) is 9.59 Å². The topological polar surface area (TPSA) is 52.6 Å². The predicted molar refractivity (Wildman–Crippen MR) is 101 cm³/mol. The highest BCUT2D eigenvalue weighted by molar-refractivity contribution is 9.09. The minimum atomic E-state index is -0.661. The SMILES string of the molecule is CCOC(=O)C(Br)c1cc2ccccc2cc1C(Br)C(=O)OCC. The van der Waals surface area contributed by atoms with Crippen LogP contribution in [0.1, 0.15) is 34.6 Å². The molecule has 0 aromatic heterocycles. The van der Waals surface area contributed by atoms with Crippen LogP contribution in [0.15, 0.2) is 36.4 Å². The van der Waals surface area contributed by atoms with Gasteiger partial charge in [-0.15, -0.1) is 0 Å². The average Bonchev–Trinajstić information content (AvgIpc) is 2.59. The number of hydrogen-bond donors (Lipinski definition) is 0. The molecular weight excluding hydrogens is 440 g/mol. The number of halogens is 2. The Morgan fingerprint density at radius 1 is 0.875 bits per heavy atom. The first kappa shape index (κ1) is 18.9. The summed E-state index contributed by atoms with van der Waals surface area (Å²) in [6.45, 7) is 4.09. The molecule has 0 bridgehead atoms. The second-order valence-electron chi connectivity index (χ2n) is 5.06. The molecule has 2 aromatic rings. The Bertz CT molecular complexity index is 682. The van der Waals surface area contributed by atoms with E-state index in [2.05, 4.69) is 31.9 Å². The molecule has 0 aliphatic rings.